The van der Waals surface area contributed by atoms with Gasteiger partial charge >= 0.3 is 0 Å². The molecule has 0 saturated carbocycles. The van der Waals surface area contributed by atoms with Gasteiger partial charge in [0.15, 0.2) is 0 Å². The Hall–Kier alpha value is -11.9. The second-order valence-corrected chi connectivity index (χ2v) is 24.6. The molecule has 0 fully saturated rings. The van der Waals surface area contributed by atoms with Crippen molar-refractivity contribution in [1.29, 1.82) is 0 Å². The molecule has 20 rings (SSSR count). The van der Waals surface area contributed by atoms with Crippen LogP contribution in [0.4, 0.5) is 51.2 Å². The number of hydrogen-bond donors (Lipinski definition) is 0. The number of fused-ring (bicyclic) bond motifs is 22. The molecule has 14 aromatic carbocycles. The third kappa shape index (κ3) is 6.75. The molecule has 0 atom stereocenters. The first-order chi connectivity index (χ1) is 45.2. The van der Waals surface area contributed by atoms with Gasteiger partial charge in [0, 0.05) is 66.9 Å². The maximum absolute atomic E-state index is 2.63. The molecule has 6 heteroatoms. The first kappa shape index (κ1) is 50.2. The van der Waals surface area contributed by atoms with E-state index in [4.69, 9.17) is 0 Å². The van der Waals surface area contributed by atoms with Crippen molar-refractivity contribution in [3.63, 3.8) is 0 Å². The maximum Gasteiger partial charge on any atom is 0.252 e. The van der Waals surface area contributed by atoms with Crippen molar-refractivity contribution in [2.45, 2.75) is 5.41 Å². The van der Waals surface area contributed by atoms with Gasteiger partial charge in [0.05, 0.1) is 50.2 Å². The van der Waals surface area contributed by atoms with E-state index in [9.17, 15) is 0 Å². The summed E-state index contributed by atoms with van der Waals surface area (Å²) in [6, 6.07) is 123. The van der Waals surface area contributed by atoms with Crippen molar-refractivity contribution in [1.82, 2.24) is 9.13 Å². The van der Waals surface area contributed by atoms with Gasteiger partial charge in [-0.15, -0.1) is 0 Å². The highest BCUT2D eigenvalue weighted by molar-refractivity contribution is 7.01. The van der Waals surface area contributed by atoms with Gasteiger partial charge in [0.25, 0.3) is 6.71 Å². The Bertz CT molecular complexity index is 5400. The van der Waals surface area contributed by atoms with Gasteiger partial charge in [-0.25, -0.2) is 0 Å². The van der Waals surface area contributed by atoms with Gasteiger partial charge in [-0.3, -0.25) is 0 Å². The number of rotatable bonds is 7. The summed E-state index contributed by atoms with van der Waals surface area (Å²) in [4.78, 5) is 7.83. The van der Waals surface area contributed by atoms with Crippen LogP contribution >= 0.6 is 0 Å². The van der Waals surface area contributed by atoms with Crippen LogP contribution in [0.1, 0.15) is 22.3 Å². The van der Waals surface area contributed by atoms with Crippen LogP contribution in [0.3, 0.4) is 0 Å². The number of hydrogen-bond acceptors (Lipinski definition) is 3. The highest BCUT2D eigenvalue weighted by Crippen LogP contribution is 2.65. The van der Waals surface area contributed by atoms with Crippen LogP contribution in [0.5, 0.6) is 0 Å². The van der Waals surface area contributed by atoms with Crippen molar-refractivity contribution in [2.24, 2.45) is 0 Å². The molecule has 0 amide bonds. The molecule has 2 aliphatic carbocycles. The van der Waals surface area contributed by atoms with E-state index in [0.717, 1.165) is 62.2 Å². The van der Waals surface area contributed by atoms with Crippen LogP contribution in [0.25, 0.3) is 77.2 Å². The Balaban J connectivity index is 0.954. The predicted molar refractivity (Wildman–Crippen MR) is 380 cm³/mol. The fourth-order valence-corrected chi connectivity index (χ4v) is 16.9. The van der Waals surface area contributed by atoms with Crippen LogP contribution < -0.4 is 31.1 Å². The minimum Gasteiger partial charge on any atom is -0.311 e. The number of aromatic nitrogens is 2. The third-order valence-corrected chi connectivity index (χ3v) is 20.2. The molecule has 2 aliphatic heterocycles. The van der Waals surface area contributed by atoms with Gasteiger partial charge < -0.3 is 23.8 Å². The van der Waals surface area contributed by atoms with Crippen LogP contribution in [0.15, 0.2) is 328 Å². The topological polar surface area (TPSA) is 19.6 Å². The molecule has 1 spiro atoms. The number of anilines is 9. The normalized spacial score (nSPS) is 13.5. The lowest BCUT2D eigenvalue weighted by Gasteiger charge is -2.45. The Labute approximate surface area is 527 Å². The molecule has 0 N–H and O–H groups in total. The summed E-state index contributed by atoms with van der Waals surface area (Å²) in [6.07, 6.45) is 0. The molecule has 0 saturated heterocycles. The van der Waals surface area contributed by atoms with E-state index < -0.39 is 5.41 Å². The quantitative estimate of drug-likeness (QED) is 0.148. The second-order valence-electron chi connectivity index (χ2n) is 24.6. The number of benzene rings is 14. The lowest BCUT2D eigenvalue weighted by atomic mass is 9.33. The van der Waals surface area contributed by atoms with E-state index in [0.29, 0.717) is 0 Å². The molecule has 4 aliphatic rings. The molecule has 4 heterocycles. The van der Waals surface area contributed by atoms with Crippen LogP contribution in [-0.4, -0.2) is 15.8 Å². The zero-order valence-corrected chi connectivity index (χ0v) is 49.5. The SMILES string of the molecule is c1ccc(N(c2cc3c4c(c2)N(c2ccccc2)c2c(ccc5c2c2ccccc2n5-c2ccccc2)B4c2ccc4c(c2N3c2ccccc2)c2ccccc2n4-c2ccccc2)c2cccc3c2-c2ccccc2C32c3ccccc3-c3ccccc32)cc1. The van der Waals surface area contributed by atoms with Gasteiger partial charge in [0.2, 0.25) is 0 Å². The van der Waals surface area contributed by atoms with E-state index in [1.54, 1.807) is 0 Å². The Morgan fingerprint density at radius 1 is 0.297 bits per heavy atom. The molecule has 0 bridgehead atoms. The van der Waals surface area contributed by atoms with Crippen LogP contribution in [0.2, 0.25) is 0 Å². The van der Waals surface area contributed by atoms with Crippen molar-refractivity contribution >= 4 is 118 Å². The zero-order valence-electron chi connectivity index (χ0n) is 49.5. The van der Waals surface area contributed by atoms with Crippen molar-refractivity contribution in [2.75, 3.05) is 14.7 Å². The lowest BCUT2D eigenvalue weighted by Crippen LogP contribution is -2.61. The Morgan fingerprint density at radius 2 is 0.692 bits per heavy atom. The lowest BCUT2D eigenvalue weighted by molar-refractivity contribution is 0.794. The minimum atomic E-state index is -0.539. The zero-order chi connectivity index (χ0) is 59.5. The summed E-state index contributed by atoms with van der Waals surface area (Å²) >= 11 is 0. The number of para-hydroxylation sites is 7. The van der Waals surface area contributed by atoms with Crippen molar-refractivity contribution in [3.05, 3.63) is 350 Å². The average molecular weight is 1160 g/mol. The first-order valence-corrected chi connectivity index (χ1v) is 31.6. The molecule has 422 valence electrons. The fourth-order valence-electron chi connectivity index (χ4n) is 16.9. The molecular formula is C85H54BN5. The standard InChI is InChI=1S/C85H54BN5/c1-6-27-55(28-7-1)87(74-48-26-45-69-79(74)63-39-18-23-44-68(63)85(69)66-42-21-16-37-61(66)62-38-17-22-43-67(62)85)60-53-77-82-78(54-60)91(59-35-14-5-15-36-59)84-71(50-52-76-81(84)65-41-20-25-47-73(65)89(76)57-31-10-3-11-32-57)86(82)70-49-51-75-80(83(70)90(77)58-33-12-4-13-34-58)64-40-19-24-46-72(64)88(75)56-29-8-2-9-30-56/h1-54H. The molecule has 91 heavy (non-hydrogen) atoms. The summed E-state index contributed by atoms with van der Waals surface area (Å²) in [5.74, 6) is 0. The van der Waals surface area contributed by atoms with Crippen molar-refractivity contribution in [3.8, 4) is 33.6 Å². The van der Waals surface area contributed by atoms with Crippen molar-refractivity contribution < 1.29 is 0 Å². The molecule has 2 aromatic heterocycles. The summed E-state index contributed by atoms with van der Waals surface area (Å²) in [5.41, 5.74) is 30.5. The van der Waals surface area contributed by atoms with E-state index in [1.807, 2.05) is 0 Å². The third-order valence-electron chi connectivity index (χ3n) is 20.2. The average Bonchev–Trinajstić information content (AvgIpc) is 1.62. The summed E-state index contributed by atoms with van der Waals surface area (Å²) in [6.45, 7) is -0.198. The number of nitrogens with zero attached hydrogens (tertiary/aromatic N) is 5. The van der Waals surface area contributed by atoms with E-state index in [-0.39, 0.29) is 6.71 Å². The molecular weight excluding hydrogens is 1100 g/mol. The highest BCUT2D eigenvalue weighted by Gasteiger charge is 2.53. The van der Waals surface area contributed by atoms with E-state index in [2.05, 4.69) is 351 Å². The first-order valence-electron chi connectivity index (χ1n) is 31.6. The largest absolute Gasteiger partial charge is 0.311 e. The van der Waals surface area contributed by atoms with Crippen LogP contribution in [0, 0.1) is 0 Å². The molecule has 16 aromatic rings. The van der Waals surface area contributed by atoms with E-state index in [1.165, 1.54) is 105 Å². The van der Waals surface area contributed by atoms with Crippen LogP contribution in [-0.2, 0) is 5.41 Å². The highest BCUT2D eigenvalue weighted by atomic mass is 15.2. The van der Waals surface area contributed by atoms with Gasteiger partial charge in [-0.05, 0) is 158 Å². The van der Waals surface area contributed by atoms with E-state index >= 15 is 0 Å². The molecule has 5 nitrogen and oxygen atoms in total. The fraction of sp³-hybridized carbons (Fsp3) is 0.0118. The smallest absolute Gasteiger partial charge is 0.252 e. The maximum atomic E-state index is 2.63. The Kier molecular flexibility index (Phi) is 10.5. The second kappa shape index (κ2) is 19.1. The van der Waals surface area contributed by atoms with Gasteiger partial charge in [0.1, 0.15) is 0 Å². The van der Waals surface area contributed by atoms with Gasteiger partial charge in [-0.2, -0.15) is 0 Å². The summed E-state index contributed by atoms with van der Waals surface area (Å²) in [7, 11) is 0. The predicted octanol–water partition coefficient (Wildman–Crippen LogP) is 19.8. The minimum absolute atomic E-state index is 0.198. The monoisotopic (exact) mass is 1160 g/mol. The Morgan fingerprint density at radius 3 is 1.19 bits per heavy atom. The summed E-state index contributed by atoms with van der Waals surface area (Å²) in [5, 5.41) is 4.84. The molecule has 0 unspecified atom stereocenters. The molecule has 0 radical (unpaired) electrons. The summed E-state index contributed by atoms with van der Waals surface area (Å²) < 4.78 is 4.94. The van der Waals surface area contributed by atoms with Gasteiger partial charge in [-0.1, -0.05) is 224 Å².